The van der Waals surface area contributed by atoms with Crippen LogP contribution in [0, 0.1) is 12.3 Å². The molecule has 1 amide bonds. The number of carbonyl (C=O) groups excluding carboxylic acids is 1. The molecule has 5 heteroatoms. The van der Waals surface area contributed by atoms with Gasteiger partial charge >= 0.3 is 0 Å². The second-order valence-electron chi connectivity index (χ2n) is 6.47. The molecule has 0 aliphatic carbocycles. The Labute approximate surface area is 168 Å². The number of hydrogen-bond acceptors (Lipinski definition) is 3. The van der Waals surface area contributed by atoms with Crippen molar-refractivity contribution >= 4 is 39.2 Å². The number of aromatic nitrogens is 1. The van der Waals surface area contributed by atoms with E-state index in [4.69, 9.17) is 6.42 Å². The average molecular weight is 395 g/mol. The topological polar surface area (TPSA) is 34.4 Å². The van der Waals surface area contributed by atoms with Crippen molar-refractivity contribution in [2.45, 2.75) is 37.6 Å². The van der Waals surface area contributed by atoms with Gasteiger partial charge in [-0.15, -0.1) is 18.2 Å². The van der Waals surface area contributed by atoms with Crippen LogP contribution in [0.25, 0.3) is 10.2 Å². The second-order valence-corrected chi connectivity index (χ2v) is 8.65. The minimum absolute atomic E-state index is 0.111. The van der Waals surface area contributed by atoms with E-state index in [9.17, 15) is 4.79 Å². The molecular formula is C22H22N2OS2. The van der Waals surface area contributed by atoms with E-state index in [2.05, 4.69) is 43.0 Å². The van der Waals surface area contributed by atoms with Crippen LogP contribution in [0.2, 0.25) is 0 Å². The Morgan fingerprint density at radius 2 is 2.04 bits per heavy atom. The molecule has 0 N–H and O–H groups in total. The van der Waals surface area contributed by atoms with Crippen LogP contribution in [0.15, 0.2) is 58.4 Å². The molecule has 3 aromatic rings. The lowest BCUT2D eigenvalue weighted by Crippen LogP contribution is -2.16. The molecule has 0 aliphatic rings. The van der Waals surface area contributed by atoms with Gasteiger partial charge < -0.3 is 4.57 Å². The molecule has 0 unspecified atom stereocenters. The fraction of sp³-hybridized carbons (Fsp3) is 0.273. The number of thioether (sulfide) groups is 1. The first-order valence-corrected chi connectivity index (χ1v) is 10.7. The number of carbonyl (C=O) groups is 1. The Kier molecular flexibility index (Phi) is 6.54. The summed E-state index contributed by atoms with van der Waals surface area (Å²) in [6, 6.07) is 16.5. The van der Waals surface area contributed by atoms with Crippen LogP contribution < -0.4 is 4.80 Å². The highest BCUT2D eigenvalue weighted by Gasteiger charge is 2.09. The van der Waals surface area contributed by atoms with Crippen molar-refractivity contribution in [3.8, 4) is 12.3 Å². The van der Waals surface area contributed by atoms with Crippen LogP contribution in [-0.4, -0.2) is 16.2 Å². The van der Waals surface area contributed by atoms with Gasteiger partial charge in [0.05, 0.1) is 16.8 Å². The minimum atomic E-state index is -0.111. The van der Waals surface area contributed by atoms with Gasteiger partial charge in [-0.05, 0) is 35.7 Å². The van der Waals surface area contributed by atoms with Gasteiger partial charge in [-0.25, -0.2) is 0 Å². The zero-order valence-corrected chi connectivity index (χ0v) is 17.1. The predicted octanol–water partition coefficient (Wildman–Crippen LogP) is 5.07. The van der Waals surface area contributed by atoms with Crippen molar-refractivity contribution in [2.75, 3.05) is 5.75 Å². The molecule has 1 aromatic heterocycles. The average Bonchev–Trinajstić information content (AvgIpc) is 2.99. The van der Waals surface area contributed by atoms with E-state index in [1.165, 1.54) is 16.9 Å². The molecule has 1 heterocycles. The summed E-state index contributed by atoms with van der Waals surface area (Å²) in [5, 5.41) is 0. The smallest absolute Gasteiger partial charge is 0.249 e. The van der Waals surface area contributed by atoms with Crippen molar-refractivity contribution in [2.24, 2.45) is 4.99 Å². The number of nitrogens with zero attached hydrogens (tertiary/aromatic N) is 2. The summed E-state index contributed by atoms with van der Waals surface area (Å²) in [4.78, 5) is 18.6. The lowest BCUT2D eigenvalue weighted by Gasteiger charge is -2.05. The van der Waals surface area contributed by atoms with Gasteiger partial charge in [0.25, 0.3) is 0 Å². The Morgan fingerprint density at radius 3 is 2.74 bits per heavy atom. The SMILES string of the molecule is C#CCn1c(=NC(=O)CCSc2ccccc2)sc2cc(C(C)C)ccc21. The summed E-state index contributed by atoms with van der Waals surface area (Å²) in [5.41, 5.74) is 2.31. The lowest BCUT2D eigenvalue weighted by molar-refractivity contribution is -0.117. The Hall–Kier alpha value is -2.29. The van der Waals surface area contributed by atoms with Crippen molar-refractivity contribution in [1.29, 1.82) is 0 Å². The van der Waals surface area contributed by atoms with E-state index < -0.39 is 0 Å². The quantitative estimate of drug-likeness (QED) is 0.432. The highest BCUT2D eigenvalue weighted by atomic mass is 32.2. The van der Waals surface area contributed by atoms with Gasteiger partial charge in [0.2, 0.25) is 5.91 Å². The Bertz CT molecular complexity index is 1040. The van der Waals surface area contributed by atoms with Crippen LogP contribution in [0.4, 0.5) is 0 Å². The maximum Gasteiger partial charge on any atom is 0.249 e. The Morgan fingerprint density at radius 1 is 1.26 bits per heavy atom. The molecule has 0 aliphatic heterocycles. The summed E-state index contributed by atoms with van der Waals surface area (Å²) in [5.74, 6) is 3.73. The first-order valence-electron chi connectivity index (χ1n) is 8.90. The van der Waals surface area contributed by atoms with E-state index in [0.717, 1.165) is 15.1 Å². The van der Waals surface area contributed by atoms with Crippen molar-refractivity contribution in [3.63, 3.8) is 0 Å². The van der Waals surface area contributed by atoms with Gasteiger partial charge in [-0.1, -0.05) is 55.4 Å². The third kappa shape index (κ3) is 4.91. The third-order valence-corrected chi connectivity index (χ3v) is 6.23. The van der Waals surface area contributed by atoms with Crippen molar-refractivity contribution in [3.05, 3.63) is 58.9 Å². The fourth-order valence-corrected chi connectivity index (χ4v) is 4.67. The van der Waals surface area contributed by atoms with Crippen molar-refractivity contribution < 1.29 is 4.79 Å². The molecule has 0 saturated carbocycles. The molecule has 3 nitrogen and oxygen atoms in total. The standard InChI is InChI=1S/C22H22N2OS2/c1-4-13-24-19-11-10-17(16(2)3)15-20(19)27-22(24)23-21(25)12-14-26-18-8-6-5-7-9-18/h1,5-11,15-16H,12-14H2,2-3H3. The second kappa shape index (κ2) is 9.07. The highest BCUT2D eigenvalue weighted by molar-refractivity contribution is 7.99. The van der Waals surface area contributed by atoms with E-state index in [1.807, 2.05) is 34.9 Å². The monoisotopic (exact) mass is 394 g/mol. The van der Waals surface area contributed by atoms with Crippen LogP contribution in [-0.2, 0) is 11.3 Å². The van der Waals surface area contributed by atoms with Crippen LogP contribution in [0.5, 0.6) is 0 Å². The Balaban J connectivity index is 1.82. The summed E-state index contributed by atoms with van der Waals surface area (Å²) in [6.45, 7) is 4.75. The zero-order valence-electron chi connectivity index (χ0n) is 15.5. The van der Waals surface area contributed by atoms with Crippen LogP contribution in [0.1, 0.15) is 31.7 Å². The molecule has 0 spiro atoms. The highest BCUT2D eigenvalue weighted by Crippen LogP contribution is 2.23. The third-order valence-electron chi connectivity index (χ3n) is 4.17. The minimum Gasteiger partial charge on any atom is -0.305 e. The maximum absolute atomic E-state index is 12.4. The van der Waals surface area contributed by atoms with Crippen LogP contribution in [0.3, 0.4) is 0 Å². The molecule has 27 heavy (non-hydrogen) atoms. The molecule has 3 rings (SSSR count). The van der Waals surface area contributed by atoms with Gasteiger partial charge in [0.1, 0.15) is 0 Å². The van der Waals surface area contributed by atoms with E-state index in [0.29, 0.717) is 29.4 Å². The van der Waals surface area contributed by atoms with E-state index >= 15 is 0 Å². The number of hydrogen-bond donors (Lipinski definition) is 0. The molecule has 2 aromatic carbocycles. The van der Waals surface area contributed by atoms with Gasteiger partial charge in [0.15, 0.2) is 4.80 Å². The molecule has 0 radical (unpaired) electrons. The van der Waals surface area contributed by atoms with Gasteiger partial charge in [-0.3, -0.25) is 4.79 Å². The number of amides is 1. The number of terminal acetylenes is 1. The van der Waals surface area contributed by atoms with Gasteiger partial charge in [0, 0.05) is 17.1 Å². The van der Waals surface area contributed by atoms with Gasteiger partial charge in [-0.2, -0.15) is 4.99 Å². The summed E-state index contributed by atoms with van der Waals surface area (Å²) in [6.07, 6.45) is 5.94. The first-order chi connectivity index (χ1) is 13.1. The summed E-state index contributed by atoms with van der Waals surface area (Å²) >= 11 is 3.19. The lowest BCUT2D eigenvalue weighted by atomic mass is 10.0. The van der Waals surface area contributed by atoms with Crippen LogP contribution >= 0.6 is 23.1 Å². The first kappa shape index (κ1) is 19.5. The zero-order chi connectivity index (χ0) is 19.2. The summed E-state index contributed by atoms with van der Waals surface area (Å²) in [7, 11) is 0. The number of fused-ring (bicyclic) bond motifs is 1. The van der Waals surface area contributed by atoms with Crippen molar-refractivity contribution in [1.82, 2.24) is 4.57 Å². The molecule has 0 bridgehead atoms. The largest absolute Gasteiger partial charge is 0.305 e. The maximum atomic E-state index is 12.4. The molecular weight excluding hydrogens is 372 g/mol. The number of benzene rings is 2. The summed E-state index contributed by atoms with van der Waals surface area (Å²) < 4.78 is 3.06. The predicted molar refractivity (Wildman–Crippen MR) is 115 cm³/mol. The normalized spacial score (nSPS) is 11.9. The molecule has 0 atom stereocenters. The van der Waals surface area contributed by atoms with E-state index in [1.54, 1.807) is 11.8 Å². The van der Waals surface area contributed by atoms with E-state index in [-0.39, 0.29) is 5.91 Å². The molecule has 138 valence electrons. The molecule has 0 fully saturated rings. The molecule has 0 saturated heterocycles. The number of rotatable bonds is 6. The fourth-order valence-electron chi connectivity index (χ4n) is 2.71. The number of thiazole rings is 1.